The summed E-state index contributed by atoms with van der Waals surface area (Å²) in [5.74, 6) is 0.643. The molecule has 4 heteroatoms. The third-order valence-corrected chi connectivity index (χ3v) is 5.70. The Bertz CT molecular complexity index is 536. The van der Waals surface area contributed by atoms with E-state index in [1.807, 2.05) is 0 Å². The van der Waals surface area contributed by atoms with Gasteiger partial charge in [-0.05, 0) is 56.6 Å². The van der Waals surface area contributed by atoms with E-state index < -0.39 is 0 Å². The van der Waals surface area contributed by atoms with Crippen LogP contribution in [-0.2, 0) is 11.2 Å². The Labute approximate surface area is 152 Å². The molecule has 3 atom stereocenters. The number of nitrogens with one attached hydrogen (secondary N) is 1. The summed E-state index contributed by atoms with van der Waals surface area (Å²) in [5, 5.41) is 3.44. The number of nitrogens with zero attached hydrogens (tertiary/aromatic N) is 1. The third-order valence-electron chi connectivity index (χ3n) is 5.70. The average molecular weight is 351 g/mol. The molecule has 0 spiro atoms. The highest BCUT2D eigenvalue weighted by atomic mass is 35.5. The predicted molar refractivity (Wildman–Crippen MR) is 102 cm³/mol. The average Bonchev–Trinajstić information content (AvgIpc) is 2.96. The Balaban J connectivity index is 0.00000208. The van der Waals surface area contributed by atoms with Crippen molar-refractivity contribution in [2.45, 2.75) is 52.0 Å². The number of piperidine rings is 1. The van der Waals surface area contributed by atoms with E-state index in [0.717, 1.165) is 45.3 Å². The lowest BCUT2D eigenvalue weighted by Crippen LogP contribution is -2.44. The summed E-state index contributed by atoms with van der Waals surface area (Å²) in [6.45, 7) is 7.41. The molecule has 2 aliphatic heterocycles. The summed E-state index contributed by atoms with van der Waals surface area (Å²) in [6.07, 6.45) is 5.43. The van der Waals surface area contributed by atoms with Gasteiger partial charge >= 0.3 is 0 Å². The van der Waals surface area contributed by atoms with Crippen molar-refractivity contribution in [2.75, 3.05) is 19.6 Å². The highest BCUT2D eigenvalue weighted by molar-refractivity contribution is 5.85. The van der Waals surface area contributed by atoms with Gasteiger partial charge in [-0.3, -0.25) is 4.79 Å². The van der Waals surface area contributed by atoms with Crippen molar-refractivity contribution in [1.29, 1.82) is 0 Å². The fraction of sp³-hybridized carbons (Fsp3) is 0.650. The normalized spacial score (nSPS) is 30.0. The van der Waals surface area contributed by atoms with Crippen molar-refractivity contribution in [3.8, 4) is 0 Å². The first-order valence-corrected chi connectivity index (χ1v) is 9.12. The first kappa shape index (κ1) is 19.3. The van der Waals surface area contributed by atoms with E-state index in [1.54, 1.807) is 0 Å². The van der Waals surface area contributed by atoms with E-state index in [2.05, 4.69) is 54.4 Å². The van der Waals surface area contributed by atoms with Crippen LogP contribution in [0.15, 0.2) is 30.3 Å². The van der Waals surface area contributed by atoms with Crippen molar-refractivity contribution in [3.63, 3.8) is 0 Å². The van der Waals surface area contributed by atoms with E-state index in [0.29, 0.717) is 11.9 Å². The number of carbonyl (C=O) groups excluding carboxylic acids is 1. The summed E-state index contributed by atoms with van der Waals surface area (Å²) in [7, 11) is 0. The second-order valence-electron chi connectivity index (χ2n) is 7.88. The zero-order chi connectivity index (χ0) is 16.3. The van der Waals surface area contributed by atoms with E-state index >= 15 is 0 Å². The molecule has 1 unspecified atom stereocenters. The standard InChI is InChI=1S/C20H30N2O.ClH/c1-16-14-18(9-12-21-16)19(23)22-13-11-20(2,15-22)10-8-17-6-4-3-5-7-17;/h3-7,16,18,21H,8-15H2,1-2H3;1H/t16-,18-,20?;/m0./s1. The number of carbonyl (C=O) groups is 1. The summed E-state index contributed by atoms with van der Waals surface area (Å²) >= 11 is 0. The predicted octanol–water partition coefficient (Wildman–Crippen LogP) is 3.67. The number of benzene rings is 1. The van der Waals surface area contributed by atoms with E-state index in [-0.39, 0.29) is 23.7 Å². The molecular weight excluding hydrogens is 320 g/mol. The van der Waals surface area contributed by atoms with Crippen LogP contribution in [0, 0.1) is 11.3 Å². The van der Waals surface area contributed by atoms with Gasteiger partial charge in [0, 0.05) is 25.0 Å². The molecule has 0 aliphatic carbocycles. The van der Waals surface area contributed by atoms with Gasteiger partial charge in [0.25, 0.3) is 0 Å². The van der Waals surface area contributed by atoms with Gasteiger partial charge in [-0.15, -0.1) is 12.4 Å². The molecule has 134 valence electrons. The van der Waals surface area contributed by atoms with Crippen molar-refractivity contribution in [2.24, 2.45) is 11.3 Å². The third kappa shape index (κ3) is 4.73. The molecule has 2 aliphatic rings. The van der Waals surface area contributed by atoms with Gasteiger partial charge in [0.05, 0.1) is 0 Å². The first-order valence-electron chi connectivity index (χ1n) is 9.12. The topological polar surface area (TPSA) is 32.3 Å². The van der Waals surface area contributed by atoms with Crippen molar-refractivity contribution in [1.82, 2.24) is 10.2 Å². The van der Waals surface area contributed by atoms with Gasteiger partial charge in [-0.25, -0.2) is 0 Å². The van der Waals surface area contributed by atoms with Crippen LogP contribution in [0.4, 0.5) is 0 Å². The van der Waals surface area contributed by atoms with Gasteiger partial charge in [0.2, 0.25) is 5.91 Å². The molecular formula is C20H31ClN2O. The maximum atomic E-state index is 12.8. The molecule has 1 amide bonds. The van der Waals surface area contributed by atoms with Crippen LogP contribution >= 0.6 is 12.4 Å². The van der Waals surface area contributed by atoms with Crippen LogP contribution in [-0.4, -0.2) is 36.5 Å². The van der Waals surface area contributed by atoms with E-state index in [4.69, 9.17) is 0 Å². The van der Waals surface area contributed by atoms with Crippen LogP contribution in [0.2, 0.25) is 0 Å². The lowest BCUT2D eigenvalue weighted by Gasteiger charge is -2.31. The van der Waals surface area contributed by atoms with Crippen molar-refractivity contribution < 1.29 is 4.79 Å². The molecule has 2 fully saturated rings. The minimum absolute atomic E-state index is 0. The molecule has 1 aromatic rings. The molecule has 0 bridgehead atoms. The molecule has 24 heavy (non-hydrogen) atoms. The lowest BCUT2D eigenvalue weighted by molar-refractivity contribution is -0.136. The molecule has 0 saturated carbocycles. The van der Waals surface area contributed by atoms with Gasteiger partial charge in [-0.2, -0.15) is 0 Å². The number of hydrogen-bond donors (Lipinski definition) is 1. The van der Waals surface area contributed by atoms with E-state index in [9.17, 15) is 4.79 Å². The maximum absolute atomic E-state index is 12.8. The largest absolute Gasteiger partial charge is 0.342 e. The maximum Gasteiger partial charge on any atom is 0.225 e. The monoisotopic (exact) mass is 350 g/mol. The molecule has 1 N–H and O–H groups in total. The van der Waals surface area contributed by atoms with Crippen LogP contribution in [0.5, 0.6) is 0 Å². The number of hydrogen-bond acceptors (Lipinski definition) is 2. The molecule has 2 saturated heterocycles. The molecule has 1 aromatic carbocycles. The van der Waals surface area contributed by atoms with Crippen LogP contribution < -0.4 is 5.32 Å². The van der Waals surface area contributed by atoms with Crippen LogP contribution in [0.3, 0.4) is 0 Å². The van der Waals surface area contributed by atoms with Gasteiger partial charge in [0.15, 0.2) is 0 Å². The SMILES string of the molecule is C[C@H]1C[C@@H](C(=O)N2CCC(C)(CCc3ccccc3)C2)CCN1.Cl. The second kappa shape index (κ2) is 8.35. The fourth-order valence-electron chi connectivity index (χ4n) is 4.12. The number of halogens is 1. The highest BCUT2D eigenvalue weighted by Gasteiger charge is 2.38. The number of amides is 1. The Morgan fingerprint density at radius 1 is 1.33 bits per heavy atom. The van der Waals surface area contributed by atoms with Crippen molar-refractivity contribution in [3.05, 3.63) is 35.9 Å². The van der Waals surface area contributed by atoms with Crippen molar-refractivity contribution >= 4 is 18.3 Å². The molecule has 2 heterocycles. The van der Waals surface area contributed by atoms with Gasteiger partial charge in [-0.1, -0.05) is 37.3 Å². The second-order valence-corrected chi connectivity index (χ2v) is 7.88. The minimum atomic E-state index is 0. The Kier molecular flexibility index (Phi) is 6.70. The Hall–Kier alpha value is -1.06. The number of aryl methyl sites for hydroxylation is 1. The Morgan fingerprint density at radius 3 is 2.79 bits per heavy atom. The van der Waals surface area contributed by atoms with Gasteiger partial charge < -0.3 is 10.2 Å². The smallest absolute Gasteiger partial charge is 0.225 e. The zero-order valence-electron chi connectivity index (χ0n) is 15.0. The molecule has 0 aromatic heterocycles. The summed E-state index contributed by atoms with van der Waals surface area (Å²) in [4.78, 5) is 15.0. The van der Waals surface area contributed by atoms with Gasteiger partial charge in [0.1, 0.15) is 0 Å². The number of rotatable bonds is 4. The molecule has 3 nitrogen and oxygen atoms in total. The minimum Gasteiger partial charge on any atom is -0.342 e. The summed E-state index contributed by atoms with van der Waals surface area (Å²) in [5.41, 5.74) is 1.69. The highest BCUT2D eigenvalue weighted by Crippen LogP contribution is 2.36. The Morgan fingerprint density at radius 2 is 2.08 bits per heavy atom. The van der Waals surface area contributed by atoms with E-state index in [1.165, 1.54) is 12.0 Å². The summed E-state index contributed by atoms with van der Waals surface area (Å²) < 4.78 is 0. The summed E-state index contributed by atoms with van der Waals surface area (Å²) in [6, 6.07) is 11.2. The molecule has 0 radical (unpaired) electrons. The zero-order valence-corrected chi connectivity index (χ0v) is 15.8. The number of likely N-dealkylation sites (tertiary alicyclic amines) is 1. The van der Waals surface area contributed by atoms with Crippen LogP contribution in [0.25, 0.3) is 0 Å². The first-order chi connectivity index (χ1) is 11.1. The fourth-order valence-corrected chi connectivity index (χ4v) is 4.12. The lowest BCUT2D eigenvalue weighted by atomic mass is 9.83. The van der Waals surface area contributed by atoms with Crippen LogP contribution in [0.1, 0.15) is 45.1 Å². The quantitative estimate of drug-likeness (QED) is 0.898. The molecule has 3 rings (SSSR count).